The standard InChI is InChI=1S/C18H16Cl2N2O2/c1-2-11-5-3-4-6-15(11)21-16-10-17(23)22(18(16)24)12-7-8-13(19)14(20)9-12/h3-9,16,21H,2,10H2,1H3. The average molecular weight is 363 g/mol. The van der Waals surface area contributed by atoms with Crippen molar-refractivity contribution in [1.29, 1.82) is 0 Å². The lowest BCUT2D eigenvalue weighted by Gasteiger charge is -2.17. The van der Waals surface area contributed by atoms with Crippen LogP contribution in [0.25, 0.3) is 0 Å². The Balaban J connectivity index is 1.85. The van der Waals surface area contributed by atoms with Crippen LogP contribution in [0.15, 0.2) is 42.5 Å². The molecule has 2 aromatic carbocycles. The van der Waals surface area contributed by atoms with Gasteiger partial charge in [-0.2, -0.15) is 0 Å². The van der Waals surface area contributed by atoms with Gasteiger partial charge in [-0.15, -0.1) is 0 Å². The first-order chi connectivity index (χ1) is 11.5. The molecule has 0 spiro atoms. The van der Waals surface area contributed by atoms with E-state index in [1.165, 1.54) is 6.07 Å². The minimum Gasteiger partial charge on any atom is -0.373 e. The number of benzene rings is 2. The minimum absolute atomic E-state index is 0.108. The molecule has 1 atom stereocenters. The van der Waals surface area contributed by atoms with Crippen LogP contribution in [0.5, 0.6) is 0 Å². The van der Waals surface area contributed by atoms with Crippen molar-refractivity contribution in [1.82, 2.24) is 0 Å². The van der Waals surface area contributed by atoms with Crippen LogP contribution in [0.1, 0.15) is 18.9 Å². The van der Waals surface area contributed by atoms with E-state index in [-0.39, 0.29) is 18.2 Å². The normalized spacial score (nSPS) is 17.5. The summed E-state index contributed by atoms with van der Waals surface area (Å²) in [5.74, 6) is -0.547. The monoisotopic (exact) mass is 362 g/mol. The number of carbonyl (C=O) groups is 2. The van der Waals surface area contributed by atoms with Crippen LogP contribution >= 0.6 is 23.2 Å². The van der Waals surface area contributed by atoms with Crippen molar-refractivity contribution in [2.24, 2.45) is 0 Å². The van der Waals surface area contributed by atoms with Gasteiger partial charge in [0.25, 0.3) is 5.91 Å². The Morgan fingerprint density at radius 2 is 1.88 bits per heavy atom. The minimum atomic E-state index is -0.584. The molecular weight excluding hydrogens is 347 g/mol. The summed E-state index contributed by atoms with van der Waals surface area (Å²) >= 11 is 11.9. The number of amides is 2. The van der Waals surface area contributed by atoms with Gasteiger partial charge in [0.1, 0.15) is 6.04 Å². The Hall–Kier alpha value is -2.04. The average Bonchev–Trinajstić information content (AvgIpc) is 2.85. The summed E-state index contributed by atoms with van der Waals surface area (Å²) in [6, 6.07) is 11.9. The molecule has 2 amide bonds. The Morgan fingerprint density at radius 1 is 1.12 bits per heavy atom. The van der Waals surface area contributed by atoms with Gasteiger partial charge >= 0.3 is 0 Å². The molecule has 4 nitrogen and oxygen atoms in total. The number of nitrogens with zero attached hydrogens (tertiary/aromatic N) is 1. The van der Waals surface area contributed by atoms with Crippen molar-refractivity contribution >= 4 is 46.4 Å². The van der Waals surface area contributed by atoms with Gasteiger partial charge in [0, 0.05) is 5.69 Å². The van der Waals surface area contributed by atoms with E-state index in [0.717, 1.165) is 22.6 Å². The van der Waals surface area contributed by atoms with Gasteiger partial charge < -0.3 is 5.32 Å². The zero-order valence-electron chi connectivity index (χ0n) is 13.1. The summed E-state index contributed by atoms with van der Waals surface area (Å²) in [7, 11) is 0. The summed E-state index contributed by atoms with van der Waals surface area (Å²) in [5.41, 5.74) is 2.42. The molecule has 6 heteroatoms. The van der Waals surface area contributed by atoms with E-state index >= 15 is 0 Å². The molecule has 1 heterocycles. The number of nitrogens with one attached hydrogen (secondary N) is 1. The molecule has 1 aliphatic heterocycles. The predicted octanol–water partition coefficient (Wildman–Crippen LogP) is 4.30. The fourth-order valence-corrected chi connectivity index (χ4v) is 3.09. The van der Waals surface area contributed by atoms with E-state index in [0.29, 0.717) is 15.7 Å². The number of hydrogen-bond donors (Lipinski definition) is 1. The first-order valence-electron chi connectivity index (χ1n) is 7.67. The van der Waals surface area contributed by atoms with E-state index < -0.39 is 6.04 Å². The van der Waals surface area contributed by atoms with Gasteiger partial charge in [-0.05, 0) is 36.2 Å². The SMILES string of the molecule is CCc1ccccc1NC1CC(=O)N(c2ccc(Cl)c(Cl)c2)C1=O. The van der Waals surface area contributed by atoms with Crippen LogP contribution in [-0.2, 0) is 16.0 Å². The van der Waals surface area contributed by atoms with E-state index in [1.54, 1.807) is 12.1 Å². The predicted molar refractivity (Wildman–Crippen MR) is 96.8 cm³/mol. The first kappa shape index (κ1) is 16.8. The van der Waals surface area contributed by atoms with Gasteiger partial charge in [0.2, 0.25) is 5.91 Å². The van der Waals surface area contributed by atoms with E-state index in [1.807, 2.05) is 31.2 Å². The van der Waals surface area contributed by atoms with Crippen LogP contribution in [0.3, 0.4) is 0 Å². The number of carbonyl (C=O) groups excluding carboxylic acids is 2. The lowest BCUT2D eigenvalue weighted by atomic mass is 10.1. The largest absolute Gasteiger partial charge is 0.373 e. The van der Waals surface area contributed by atoms with Crippen LogP contribution in [0.4, 0.5) is 11.4 Å². The zero-order chi connectivity index (χ0) is 17.3. The summed E-state index contributed by atoms with van der Waals surface area (Å²) in [4.78, 5) is 26.2. The summed E-state index contributed by atoms with van der Waals surface area (Å²) in [5, 5.41) is 3.88. The molecule has 0 aliphatic carbocycles. The van der Waals surface area contributed by atoms with Crippen molar-refractivity contribution in [2.45, 2.75) is 25.8 Å². The molecular formula is C18H16Cl2N2O2. The molecule has 1 saturated heterocycles. The van der Waals surface area contributed by atoms with Gasteiger partial charge in [-0.25, -0.2) is 4.90 Å². The Labute approximate surface area is 150 Å². The molecule has 0 saturated carbocycles. The molecule has 3 rings (SSSR count). The van der Waals surface area contributed by atoms with Crippen molar-refractivity contribution in [3.05, 3.63) is 58.1 Å². The highest BCUT2D eigenvalue weighted by Gasteiger charge is 2.39. The molecule has 124 valence electrons. The number of hydrogen-bond acceptors (Lipinski definition) is 3. The van der Waals surface area contributed by atoms with Crippen molar-refractivity contribution in [2.75, 3.05) is 10.2 Å². The van der Waals surface area contributed by atoms with Gasteiger partial charge in [0.15, 0.2) is 0 Å². The fourth-order valence-electron chi connectivity index (χ4n) is 2.80. The molecule has 1 unspecified atom stereocenters. The maximum absolute atomic E-state index is 12.7. The van der Waals surface area contributed by atoms with Crippen molar-refractivity contribution in [3.8, 4) is 0 Å². The van der Waals surface area contributed by atoms with Crippen LogP contribution < -0.4 is 10.2 Å². The van der Waals surface area contributed by atoms with Crippen LogP contribution in [0, 0.1) is 0 Å². The Morgan fingerprint density at radius 3 is 2.58 bits per heavy atom. The summed E-state index contributed by atoms with van der Waals surface area (Å²) in [6.07, 6.45) is 0.950. The number of rotatable bonds is 4. The molecule has 0 radical (unpaired) electrons. The molecule has 0 bridgehead atoms. The quantitative estimate of drug-likeness (QED) is 0.824. The lowest BCUT2D eigenvalue weighted by molar-refractivity contribution is -0.121. The molecule has 1 N–H and O–H groups in total. The van der Waals surface area contributed by atoms with Gasteiger partial charge in [0.05, 0.1) is 22.2 Å². The highest BCUT2D eigenvalue weighted by atomic mass is 35.5. The maximum atomic E-state index is 12.7. The number of para-hydroxylation sites is 1. The Kier molecular flexibility index (Phi) is 4.78. The highest BCUT2D eigenvalue weighted by Crippen LogP contribution is 2.31. The fraction of sp³-hybridized carbons (Fsp3) is 0.222. The van der Waals surface area contributed by atoms with Crippen molar-refractivity contribution < 1.29 is 9.59 Å². The molecule has 1 fully saturated rings. The molecule has 1 aliphatic rings. The third-order valence-electron chi connectivity index (χ3n) is 4.04. The lowest BCUT2D eigenvalue weighted by Crippen LogP contribution is -2.35. The smallest absolute Gasteiger partial charge is 0.256 e. The third kappa shape index (κ3) is 3.12. The van der Waals surface area contributed by atoms with Crippen LogP contribution in [0.2, 0.25) is 10.0 Å². The van der Waals surface area contributed by atoms with Crippen molar-refractivity contribution in [3.63, 3.8) is 0 Å². The van der Waals surface area contributed by atoms with Gasteiger partial charge in [-0.1, -0.05) is 48.3 Å². The van der Waals surface area contributed by atoms with E-state index in [9.17, 15) is 9.59 Å². The molecule has 2 aromatic rings. The second-order valence-corrected chi connectivity index (χ2v) is 6.39. The highest BCUT2D eigenvalue weighted by molar-refractivity contribution is 6.42. The van der Waals surface area contributed by atoms with E-state index in [4.69, 9.17) is 23.2 Å². The summed E-state index contributed by atoms with van der Waals surface area (Å²) in [6.45, 7) is 2.05. The number of anilines is 2. The number of aryl methyl sites for hydroxylation is 1. The second-order valence-electron chi connectivity index (χ2n) is 5.58. The molecule has 0 aromatic heterocycles. The summed E-state index contributed by atoms with van der Waals surface area (Å²) < 4.78 is 0. The van der Waals surface area contributed by atoms with Gasteiger partial charge in [-0.3, -0.25) is 9.59 Å². The Bertz CT molecular complexity index is 807. The van der Waals surface area contributed by atoms with E-state index in [2.05, 4.69) is 5.32 Å². The third-order valence-corrected chi connectivity index (χ3v) is 4.78. The topological polar surface area (TPSA) is 49.4 Å². The maximum Gasteiger partial charge on any atom is 0.256 e. The molecule has 24 heavy (non-hydrogen) atoms. The zero-order valence-corrected chi connectivity index (χ0v) is 14.6. The second kappa shape index (κ2) is 6.83. The van der Waals surface area contributed by atoms with Crippen LogP contribution in [-0.4, -0.2) is 17.9 Å². The number of halogens is 2. The number of imide groups is 1. The first-order valence-corrected chi connectivity index (χ1v) is 8.43.